The fraction of sp³-hybridized carbons (Fsp3) is 0.182. The fourth-order valence-electron chi connectivity index (χ4n) is 2.80. The lowest BCUT2D eigenvalue weighted by Crippen LogP contribution is -2.15. The molecule has 0 bridgehead atoms. The van der Waals surface area contributed by atoms with Crippen LogP contribution in [0, 0.1) is 0 Å². The van der Waals surface area contributed by atoms with Gasteiger partial charge in [-0.25, -0.2) is 4.98 Å². The maximum absolute atomic E-state index is 12.1. The molecule has 3 rings (SSSR count). The minimum atomic E-state index is -0.119. The normalized spacial score (nSPS) is 10.4. The van der Waals surface area contributed by atoms with Crippen molar-refractivity contribution in [3.63, 3.8) is 0 Å². The molecule has 144 valence electrons. The number of carbonyl (C=O) groups excluding carboxylic acids is 1. The van der Waals surface area contributed by atoms with Gasteiger partial charge in [-0.3, -0.25) is 4.79 Å². The third-order valence-corrected chi connectivity index (χ3v) is 4.48. The Labute approximate surface area is 169 Å². The largest absolute Gasteiger partial charge is 0.496 e. The van der Waals surface area contributed by atoms with Crippen LogP contribution < -0.4 is 15.4 Å². The quantitative estimate of drug-likeness (QED) is 0.586. The lowest BCUT2D eigenvalue weighted by Gasteiger charge is -2.10. The molecule has 1 aromatic heterocycles. The lowest BCUT2D eigenvalue weighted by atomic mass is 10.1. The molecule has 2 N–H and O–H groups in total. The zero-order chi connectivity index (χ0) is 19.8. The average molecular weight is 396 g/mol. The number of para-hydroxylation sites is 1. The minimum Gasteiger partial charge on any atom is -0.496 e. The van der Waals surface area contributed by atoms with E-state index in [0.717, 1.165) is 35.5 Å². The Bertz CT molecular complexity index is 912. The zero-order valence-electron chi connectivity index (χ0n) is 15.6. The van der Waals surface area contributed by atoms with Crippen LogP contribution in [0.2, 0.25) is 5.02 Å². The van der Waals surface area contributed by atoms with E-state index in [0.29, 0.717) is 10.8 Å². The van der Waals surface area contributed by atoms with Crippen molar-refractivity contribution in [2.24, 2.45) is 0 Å². The molecule has 0 fully saturated rings. The van der Waals surface area contributed by atoms with Crippen LogP contribution in [-0.2, 0) is 17.6 Å². The maximum Gasteiger partial charge on any atom is 0.229 e. The van der Waals surface area contributed by atoms with Crippen LogP contribution in [0.15, 0.2) is 66.9 Å². The number of hydrogen-bond acceptors (Lipinski definition) is 4. The molecule has 0 aliphatic rings. The lowest BCUT2D eigenvalue weighted by molar-refractivity contribution is -0.115. The van der Waals surface area contributed by atoms with Crippen molar-refractivity contribution in [2.45, 2.75) is 12.8 Å². The van der Waals surface area contributed by atoms with Crippen molar-refractivity contribution in [2.75, 3.05) is 24.3 Å². The molecule has 0 atom stereocenters. The Morgan fingerprint density at radius 1 is 1.07 bits per heavy atom. The predicted molar refractivity (Wildman–Crippen MR) is 113 cm³/mol. The molecule has 0 aliphatic heterocycles. The number of amides is 1. The van der Waals surface area contributed by atoms with Crippen molar-refractivity contribution in [3.8, 4) is 5.75 Å². The van der Waals surface area contributed by atoms with Crippen molar-refractivity contribution < 1.29 is 9.53 Å². The number of anilines is 2. The molecule has 1 heterocycles. The van der Waals surface area contributed by atoms with Crippen LogP contribution >= 0.6 is 11.6 Å². The first-order valence-corrected chi connectivity index (χ1v) is 9.38. The first-order valence-electron chi connectivity index (χ1n) is 9.00. The third-order valence-electron chi connectivity index (χ3n) is 4.22. The molecule has 28 heavy (non-hydrogen) atoms. The van der Waals surface area contributed by atoms with Gasteiger partial charge < -0.3 is 15.4 Å². The molecular formula is C22H22ClN3O2. The molecule has 0 saturated heterocycles. The monoisotopic (exact) mass is 395 g/mol. The molecule has 0 saturated carbocycles. The topological polar surface area (TPSA) is 63.2 Å². The van der Waals surface area contributed by atoms with Crippen molar-refractivity contribution in [1.82, 2.24) is 4.98 Å². The summed E-state index contributed by atoms with van der Waals surface area (Å²) in [4.78, 5) is 16.4. The summed E-state index contributed by atoms with van der Waals surface area (Å²) < 4.78 is 5.36. The number of carbonyl (C=O) groups is 1. The number of benzene rings is 2. The average Bonchev–Trinajstić information content (AvgIpc) is 2.71. The van der Waals surface area contributed by atoms with Gasteiger partial charge in [-0.15, -0.1) is 0 Å². The van der Waals surface area contributed by atoms with E-state index in [1.54, 1.807) is 31.5 Å². The highest BCUT2D eigenvalue weighted by molar-refractivity contribution is 6.30. The number of ether oxygens (including phenoxy) is 1. The van der Waals surface area contributed by atoms with E-state index in [9.17, 15) is 4.79 Å². The first-order chi connectivity index (χ1) is 13.6. The van der Waals surface area contributed by atoms with Gasteiger partial charge in [0.2, 0.25) is 5.91 Å². The van der Waals surface area contributed by atoms with Gasteiger partial charge in [0.25, 0.3) is 0 Å². The van der Waals surface area contributed by atoms with E-state index in [1.807, 2.05) is 36.4 Å². The van der Waals surface area contributed by atoms with Crippen molar-refractivity contribution in [3.05, 3.63) is 83.0 Å². The van der Waals surface area contributed by atoms with E-state index in [2.05, 4.69) is 21.7 Å². The number of aromatic nitrogens is 1. The Morgan fingerprint density at radius 2 is 1.86 bits per heavy atom. The van der Waals surface area contributed by atoms with E-state index in [-0.39, 0.29) is 12.3 Å². The second-order valence-electron chi connectivity index (χ2n) is 6.27. The second-order valence-corrected chi connectivity index (χ2v) is 6.71. The van der Waals surface area contributed by atoms with Crippen LogP contribution in [0.1, 0.15) is 11.1 Å². The number of pyridine rings is 1. The molecule has 6 heteroatoms. The predicted octanol–water partition coefficient (Wildman–Crippen LogP) is 4.58. The highest BCUT2D eigenvalue weighted by atomic mass is 35.5. The standard InChI is InChI=1S/C22H22ClN3O2/c1-28-20-5-3-2-4-17(20)12-13-24-19-10-11-21(25-15-19)26-22(27)14-16-6-8-18(23)9-7-16/h2-11,15,24H,12-14H2,1H3,(H,25,26,27). The number of halogens is 1. The fourth-order valence-corrected chi connectivity index (χ4v) is 2.92. The second kappa shape index (κ2) is 9.76. The van der Waals surface area contributed by atoms with Gasteiger partial charge in [-0.05, 0) is 47.9 Å². The van der Waals surface area contributed by atoms with Gasteiger partial charge in [0.1, 0.15) is 11.6 Å². The summed E-state index contributed by atoms with van der Waals surface area (Å²) in [5, 5.41) is 6.78. The molecule has 0 radical (unpaired) electrons. The van der Waals surface area contributed by atoms with Gasteiger partial charge in [0.15, 0.2) is 0 Å². The number of nitrogens with zero attached hydrogens (tertiary/aromatic N) is 1. The Balaban J connectivity index is 1.47. The van der Waals surface area contributed by atoms with Gasteiger partial charge in [0.05, 0.1) is 25.4 Å². The zero-order valence-corrected chi connectivity index (χ0v) is 16.4. The third kappa shape index (κ3) is 5.72. The van der Waals surface area contributed by atoms with Crippen LogP contribution in [0.5, 0.6) is 5.75 Å². The van der Waals surface area contributed by atoms with Gasteiger partial charge in [-0.2, -0.15) is 0 Å². The smallest absolute Gasteiger partial charge is 0.229 e. The molecule has 0 unspecified atom stereocenters. The van der Waals surface area contributed by atoms with E-state index in [1.165, 1.54) is 0 Å². The summed E-state index contributed by atoms with van der Waals surface area (Å²) in [5.41, 5.74) is 2.94. The molecule has 1 amide bonds. The molecular weight excluding hydrogens is 374 g/mol. The Morgan fingerprint density at radius 3 is 2.57 bits per heavy atom. The van der Waals surface area contributed by atoms with E-state index >= 15 is 0 Å². The molecule has 5 nitrogen and oxygen atoms in total. The summed E-state index contributed by atoms with van der Waals surface area (Å²) in [5.74, 6) is 1.29. The SMILES string of the molecule is COc1ccccc1CCNc1ccc(NC(=O)Cc2ccc(Cl)cc2)nc1. The van der Waals surface area contributed by atoms with Crippen molar-refractivity contribution >= 4 is 29.0 Å². The van der Waals surface area contributed by atoms with Crippen LogP contribution in [0.25, 0.3) is 0 Å². The molecule has 2 aromatic carbocycles. The Hall–Kier alpha value is -3.05. The maximum atomic E-state index is 12.1. The highest BCUT2D eigenvalue weighted by Crippen LogP contribution is 2.18. The van der Waals surface area contributed by atoms with Gasteiger partial charge in [-0.1, -0.05) is 41.9 Å². The molecule has 0 spiro atoms. The van der Waals surface area contributed by atoms with E-state index in [4.69, 9.17) is 16.3 Å². The number of rotatable bonds is 8. The number of methoxy groups -OCH3 is 1. The van der Waals surface area contributed by atoms with Gasteiger partial charge in [0, 0.05) is 11.6 Å². The summed E-state index contributed by atoms with van der Waals surface area (Å²) in [6.45, 7) is 0.754. The van der Waals surface area contributed by atoms with Crippen LogP contribution in [-0.4, -0.2) is 24.5 Å². The molecule has 3 aromatic rings. The minimum absolute atomic E-state index is 0.119. The molecule has 0 aliphatic carbocycles. The summed E-state index contributed by atoms with van der Waals surface area (Å²) in [6.07, 6.45) is 2.82. The first kappa shape index (κ1) is 19.7. The highest BCUT2D eigenvalue weighted by Gasteiger charge is 2.06. The van der Waals surface area contributed by atoms with E-state index < -0.39 is 0 Å². The summed E-state index contributed by atoms with van der Waals surface area (Å²) in [6, 6.07) is 18.9. The number of hydrogen-bond donors (Lipinski definition) is 2. The Kier molecular flexibility index (Phi) is 6.87. The summed E-state index contributed by atoms with van der Waals surface area (Å²) in [7, 11) is 1.68. The van der Waals surface area contributed by atoms with Crippen molar-refractivity contribution in [1.29, 1.82) is 0 Å². The van der Waals surface area contributed by atoms with Crippen LogP contribution in [0.4, 0.5) is 11.5 Å². The number of nitrogens with one attached hydrogen (secondary N) is 2. The summed E-state index contributed by atoms with van der Waals surface area (Å²) >= 11 is 5.86. The van der Waals surface area contributed by atoms with Crippen LogP contribution in [0.3, 0.4) is 0 Å². The van der Waals surface area contributed by atoms with Gasteiger partial charge >= 0.3 is 0 Å².